The van der Waals surface area contributed by atoms with Crippen molar-refractivity contribution in [2.24, 2.45) is 5.92 Å². The standard InChI is InChI=1S/C9H9ClO3S/c1-6(8(10)11)5-14-9(12)7-3-2-4-13-7/h2-4,6H,5H2,1H3. The summed E-state index contributed by atoms with van der Waals surface area (Å²) in [6.45, 7) is 1.68. The SMILES string of the molecule is CC(CSC(=O)c1ccco1)C(=O)Cl. The normalized spacial score (nSPS) is 12.4. The molecule has 0 aliphatic rings. The highest BCUT2D eigenvalue weighted by atomic mass is 35.5. The second kappa shape index (κ2) is 5.22. The minimum absolute atomic E-state index is 0.181. The summed E-state index contributed by atoms with van der Waals surface area (Å²) in [5.41, 5.74) is 0. The van der Waals surface area contributed by atoms with Crippen molar-refractivity contribution in [1.29, 1.82) is 0 Å². The van der Waals surface area contributed by atoms with E-state index in [1.165, 1.54) is 6.26 Å². The molecule has 1 unspecified atom stereocenters. The second-order valence-electron chi connectivity index (χ2n) is 2.78. The van der Waals surface area contributed by atoms with E-state index in [0.717, 1.165) is 11.8 Å². The van der Waals surface area contributed by atoms with Crippen LogP contribution in [0.3, 0.4) is 0 Å². The Balaban J connectivity index is 2.40. The first-order valence-corrected chi connectivity index (χ1v) is 5.37. The van der Waals surface area contributed by atoms with E-state index >= 15 is 0 Å². The monoisotopic (exact) mass is 232 g/mol. The van der Waals surface area contributed by atoms with Crippen molar-refractivity contribution in [2.45, 2.75) is 6.92 Å². The summed E-state index contributed by atoms with van der Waals surface area (Å²) in [5.74, 6) is 0.354. The highest BCUT2D eigenvalue weighted by Crippen LogP contribution is 2.17. The third-order valence-corrected chi connectivity index (χ3v) is 3.08. The summed E-state index contributed by atoms with van der Waals surface area (Å²) in [6.07, 6.45) is 1.43. The number of halogens is 1. The van der Waals surface area contributed by atoms with Gasteiger partial charge in [-0.2, -0.15) is 0 Å². The minimum Gasteiger partial charge on any atom is -0.460 e. The van der Waals surface area contributed by atoms with Gasteiger partial charge in [0.25, 0.3) is 5.12 Å². The Bertz CT molecular complexity index is 321. The first-order chi connectivity index (χ1) is 6.61. The van der Waals surface area contributed by atoms with Crippen LogP contribution in [0.5, 0.6) is 0 Å². The van der Waals surface area contributed by atoms with Gasteiger partial charge >= 0.3 is 0 Å². The second-order valence-corrected chi connectivity index (χ2v) is 4.15. The number of rotatable bonds is 4. The molecule has 0 saturated heterocycles. The molecule has 76 valence electrons. The van der Waals surface area contributed by atoms with Crippen LogP contribution in [0.2, 0.25) is 0 Å². The van der Waals surface area contributed by atoms with Gasteiger partial charge in [0.05, 0.1) is 6.26 Å². The number of furan rings is 1. The molecule has 0 N–H and O–H groups in total. The predicted octanol–water partition coefficient (Wildman–Crippen LogP) is 2.55. The molecule has 14 heavy (non-hydrogen) atoms. The van der Waals surface area contributed by atoms with Crippen molar-refractivity contribution in [1.82, 2.24) is 0 Å². The summed E-state index contributed by atoms with van der Waals surface area (Å²) in [4.78, 5) is 22.0. The van der Waals surface area contributed by atoms with Crippen LogP contribution in [0.25, 0.3) is 0 Å². The Hall–Kier alpha value is -0.740. The molecule has 0 radical (unpaired) electrons. The van der Waals surface area contributed by atoms with Gasteiger partial charge in [0.1, 0.15) is 0 Å². The van der Waals surface area contributed by atoms with E-state index in [1.54, 1.807) is 19.1 Å². The van der Waals surface area contributed by atoms with Crippen molar-refractivity contribution in [3.8, 4) is 0 Å². The minimum atomic E-state index is -0.426. The molecule has 1 rings (SSSR count). The molecule has 1 aromatic rings. The van der Waals surface area contributed by atoms with Crippen LogP contribution in [-0.2, 0) is 4.79 Å². The average Bonchev–Trinajstić information content (AvgIpc) is 2.66. The van der Waals surface area contributed by atoms with Crippen molar-refractivity contribution in [3.05, 3.63) is 24.2 Å². The van der Waals surface area contributed by atoms with Crippen molar-refractivity contribution < 1.29 is 14.0 Å². The van der Waals surface area contributed by atoms with Crippen molar-refractivity contribution in [2.75, 3.05) is 5.75 Å². The third kappa shape index (κ3) is 3.20. The third-order valence-electron chi connectivity index (χ3n) is 1.57. The van der Waals surface area contributed by atoms with E-state index in [9.17, 15) is 9.59 Å². The van der Waals surface area contributed by atoms with E-state index in [0.29, 0.717) is 11.5 Å². The van der Waals surface area contributed by atoms with Gasteiger partial charge in [-0.1, -0.05) is 18.7 Å². The summed E-state index contributed by atoms with van der Waals surface area (Å²) < 4.78 is 4.90. The van der Waals surface area contributed by atoms with Crippen molar-refractivity contribution in [3.63, 3.8) is 0 Å². The molecule has 0 aliphatic heterocycles. The summed E-state index contributed by atoms with van der Waals surface area (Å²) in [6, 6.07) is 3.23. The highest BCUT2D eigenvalue weighted by molar-refractivity contribution is 8.14. The fourth-order valence-corrected chi connectivity index (χ4v) is 1.71. The fourth-order valence-electron chi connectivity index (χ4n) is 0.732. The Kier molecular flexibility index (Phi) is 4.22. The zero-order chi connectivity index (χ0) is 10.6. The molecule has 0 fully saturated rings. The van der Waals surface area contributed by atoms with Crippen LogP contribution in [0.15, 0.2) is 22.8 Å². The lowest BCUT2D eigenvalue weighted by molar-refractivity contribution is -0.114. The number of carbonyl (C=O) groups excluding carboxylic acids is 2. The van der Waals surface area contributed by atoms with Gasteiger partial charge in [-0.3, -0.25) is 9.59 Å². The van der Waals surface area contributed by atoms with Gasteiger partial charge in [0.15, 0.2) is 5.76 Å². The van der Waals surface area contributed by atoms with Crippen LogP contribution < -0.4 is 0 Å². The van der Waals surface area contributed by atoms with E-state index in [-0.39, 0.29) is 11.0 Å². The maximum atomic E-state index is 11.3. The molecule has 1 heterocycles. The van der Waals surface area contributed by atoms with Crippen LogP contribution in [0, 0.1) is 5.92 Å². The Labute approximate surface area is 90.8 Å². The van der Waals surface area contributed by atoms with Gasteiger partial charge in [-0.15, -0.1) is 0 Å². The predicted molar refractivity (Wildman–Crippen MR) is 55.5 cm³/mol. The lowest BCUT2D eigenvalue weighted by atomic mass is 10.2. The number of carbonyl (C=O) groups is 2. The van der Waals surface area contributed by atoms with Gasteiger partial charge in [-0.25, -0.2) is 0 Å². The van der Waals surface area contributed by atoms with Gasteiger partial charge in [-0.05, 0) is 23.7 Å². The topological polar surface area (TPSA) is 47.3 Å². The molecule has 1 aromatic heterocycles. The van der Waals surface area contributed by atoms with E-state index in [2.05, 4.69) is 0 Å². The molecule has 0 aromatic carbocycles. The summed E-state index contributed by atoms with van der Waals surface area (Å²) in [5, 5.41) is -0.607. The molecule has 1 atom stereocenters. The van der Waals surface area contributed by atoms with Crippen LogP contribution in [0.4, 0.5) is 0 Å². The van der Waals surface area contributed by atoms with E-state index in [4.69, 9.17) is 16.0 Å². The smallest absolute Gasteiger partial charge is 0.254 e. The van der Waals surface area contributed by atoms with Crippen LogP contribution >= 0.6 is 23.4 Å². The Morgan fingerprint density at radius 3 is 2.86 bits per heavy atom. The molecule has 0 spiro atoms. The molecule has 0 aliphatic carbocycles. The zero-order valence-corrected chi connectivity index (χ0v) is 9.10. The highest BCUT2D eigenvalue weighted by Gasteiger charge is 2.15. The van der Waals surface area contributed by atoms with Crippen LogP contribution in [-0.4, -0.2) is 16.1 Å². The molecular weight excluding hydrogens is 224 g/mol. The van der Waals surface area contributed by atoms with E-state index < -0.39 is 5.24 Å². The molecule has 0 amide bonds. The zero-order valence-electron chi connectivity index (χ0n) is 7.53. The molecule has 5 heteroatoms. The molecular formula is C9H9ClO3S. The molecule has 0 saturated carbocycles. The molecule has 3 nitrogen and oxygen atoms in total. The number of thioether (sulfide) groups is 1. The van der Waals surface area contributed by atoms with Gasteiger partial charge in [0, 0.05) is 11.7 Å². The Morgan fingerprint density at radius 1 is 1.64 bits per heavy atom. The largest absolute Gasteiger partial charge is 0.460 e. The first kappa shape index (κ1) is 11.3. The van der Waals surface area contributed by atoms with E-state index in [1.807, 2.05) is 0 Å². The lowest BCUT2D eigenvalue weighted by Gasteiger charge is -2.02. The quantitative estimate of drug-likeness (QED) is 0.749. The summed E-state index contributed by atoms with van der Waals surface area (Å²) >= 11 is 6.28. The van der Waals surface area contributed by atoms with Crippen LogP contribution in [0.1, 0.15) is 17.5 Å². The fraction of sp³-hybridized carbons (Fsp3) is 0.333. The molecule has 0 bridgehead atoms. The first-order valence-electron chi connectivity index (χ1n) is 4.01. The summed E-state index contributed by atoms with van der Waals surface area (Å²) in [7, 11) is 0. The lowest BCUT2D eigenvalue weighted by Crippen LogP contribution is -2.08. The maximum absolute atomic E-state index is 11.3. The van der Waals surface area contributed by atoms with Gasteiger partial charge in [0.2, 0.25) is 5.24 Å². The average molecular weight is 233 g/mol. The number of hydrogen-bond donors (Lipinski definition) is 0. The number of hydrogen-bond acceptors (Lipinski definition) is 4. The Morgan fingerprint density at radius 2 is 2.36 bits per heavy atom. The maximum Gasteiger partial charge on any atom is 0.254 e. The van der Waals surface area contributed by atoms with Gasteiger partial charge < -0.3 is 4.42 Å². The van der Waals surface area contributed by atoms with Crippen molar-refractivity contribution >= 4 is 33.7 Å².